The van der Waals surface area contributed by atoms with Crippen LogP contribution < -0.4 is 20.1 Å². The summed E-state index contributed by atoms with van der Waals surface area (Å²) in [5.74, 6) is -0.972. The van der Waals surface area contributed by atoms with Crippen molar-refractivity contribution in [1.82, 2.24) is 34.7 Å². The molecule has 0 bridgehead atoms. The van der Waals surface area contributed by atoms with Crippen molar-refractivity contribution in [1.29, 1.82) is 0 Å². The molecule has 0 radical (unpaired) electrons. The molecule has 1 aromatic carbocycles. The van der Waals surface area contributed by atoms with Crippen molar-refractivity contribution < 1.29 is 51.9 Å². The summed E-state index contributed by atoms with van der Waals surface area (Å²) < 4.78 is 89.1. The normalized spacial score (nSPS) is 27.5. The number of aromatic nitrogens is 5. The second kappa shape index (κ2) is 18.1. The van der Waals surface area contributed by atoms with E-state index in [1.165, 1.54) is 12.4 Å². The SMILES string of the molecule is CC1=CCCC=Nc2c1ccn2C1CC(Oc2cc(C(F)F)c(F)c3c2CNCC3CCc2ncnc3c2ccn3C2CC(Oc3nc(C(F)F)cc4c3CNCC4)C(O)C2O)C(O)C1O. The highest BCUT2D eigenvalue weighted by atomic mass is 19.3. The molecule has 5 aliphatic rings. The minimum Gasteiger partial charge on any atom is -0.487 e. The van der Waals surface area contributed by atoms with Crippen molar-refractivity contribution in [3.05, 3.63) is 99.6 Å². The first-order chi connectivity index (χ1) is 31.9. The summed E-state index contributed by atoms with van der Waals surface area (Å²) in [6.07, 6.45) is -1.56. The second-order valence-electron chi connectivity index (χ2n) is 18.0. The summed E-state index contributed by atoms with van der Waals surface area (Å²) in [4.78, 5) is 17.8. The number of aliphatic hydroxyl groups excluding tert-OH is 4. The summed E-state index contributed by atoms with van der Waals surface area (Å²) >= 11 is 0. The Morgan fingerprint density at radius 1 is 0.848 bits per heavy atom. The molecular weight excluding hydrogens is 868 g/mol. The number of hydrogen-bond donors (Lipinski definition) is 6. The average molecular weight is 919 g/mol. The number of pyridine rings is 1. The van der Waals surface area contributed by atoms with Gasteiger partial charge in [-0.1, -0.05) is 6.08 Å². The van der Waals surface area contributed by atoms with Gasteiger partial charge in [-0.2, -0.15) is 0 Å². The van der Waals surface area contributed by atoms with Crippen LogP contribution in [0.25, 0.3) is 16.6 Å². The maximum Gasteiger partial charge on any atom is 0.280 e. The highest BCUT2D eigenvalue weighted by Crippen LogP contribution is 2.45. The molecule has 2 saturated carbocycles. The van der Waals surface area contributed by atoms with E-state index in [9.17, 15) is 38.0 Å². The molecule has 7 heterocycles. The number of aliphatic imine (C=N–C) groups is 1. The first kappa shape index (κ1) is 44.5. The van der Waals surface area contributed by atoms with Gasteiger partial charge in [-0.15, -0.1) is 0 Å². The fraction of sp³-hybridized carbons (Fsp3) is 0.489. The van der Waals surface area contributed by atoms with Gasteiger partial charge >= 0.3 is 0 Å². The van der Waals surface area contributed by atoms with Gasteiger partial charge in [-0.25, -0.2) is 41.9 Å². The molecule has 0 spiro atoms. The van der Waals surface area contributed by atoms with E-state index < -0.39 is 84.6 Å². The van der Waals surface area contributed by atoms with Crippen molar-refractivity contribution in [2.75, 3.05) is 13.1 Å². The number of benzene rings is 1. The van der Waals surface area contributed by atoms with Crippen LogP contribution in [0.3, 0.4) is 0 Å². The van der Waals surface area contributed by atoms with Gasteiger partial charge in [0, 0.05) is 84.6 Å². The van der Waals surface area contributed by atoms with E-state index in [2.05, 4.69) is 36.7 Å². The quantitative estimate of drug-likeness (QED) is 0.0826. The lowest BCUT2D eigenvalue weighted by molar-refractivity contribution is -0.0180. The van der Waals surface area contributed by atoms with Gasteiger partial charge in [0.25, 0.3) is 12.9 Å². The van der Waals surface area contributed by atoms with E-state index >= 15 is 4.39 Å². The Bertz CT molecular complexity index is 2690. The fourth-order valence-corrected chi connectivity index (χ4v) is 10.6. The van der Waals surface area contributed by atoms with Crippen LogP contribution >= 0.6 is 0 Å². The second-order valence-corrected chi connectivity index (χ2v) is 18.0. The molecule has 0 saturated heterocycles. The number of hydrogen-bond acceptors (Lipinski definition) is 12. The van der Waals surface area contributed by atoms with Crippen molar-refractivity contribution in [3.63, 3.8) is 0 Å². The number of halogens is 5. The molecule has 5 aromatic rings. The smallest absolute Gasteiger partial charge is 0.280 e. The first-order valence-electron chi connectivity index (χ1n) is 22.5. The third kappa shape index (κ3) is 7.96. The molecule has 19 heteroatoms. The zero-order valence-electron chi connectivity index (χ0n) is 36.0. The van der Waals surface area contributed by atoms with E-state index in [4.69, 9.17) is 9.47 Å². The van der Waals surface area contributed by atoms with Crippen molar-refractivity contribution in [2.24, 2.45) is 4.99 Å². The molecule has 9 atom stereocenters. The van der Waals surface area contributed by atoms with E-state index in [0.29, 0.717) is 58.7 Å². The largest absolute Gasteiger partial charge is 0.487 e. The number of rotatable bonds is 11. The number of nitrogens with zero attached hydrogens (tertiary/aromatic N) is 6. The number of aryl methyl sites for hydroxylation is 1. The van der Waals surface area contributed by atoms with Gasteiger partial charge < -0.3 is 49.7 Å². The van der Waals surface area contributed by atoms with Gasteiger partial charge in [0.1, 0.15) is 71.7 Å². The predicted molar refractivity (Wildman–Crippen MR) is 232 cm³/mol. The van der Waals surface area contributed by atoms with Gasteiger partial charge in [0.15, 0.2) is 0 Å². The maximum absolute atomic E-state index is 16.3. The van der Waals surface area contributed by atoms with Crippen LogP contribution in [-0.4, -0.2) is 100 Å². The number of allylic oxidation sites excluding steroid dienone is 2. The summed E-state index contributed by atoms with van der Waals surface area (Å²) in [5, 5.41) is 52.3. The minimum absolute atomic E-state index is 0.00516. The third-order valence-corrected chi connectivity index (χ3v) is 14.1. The lowest BCUT2D eigenvalue weighted by Gasteiger charge is -2.31. The van der Waals surface area contributed by atoms with Crippen LogP contribution in [0.15, 0.2) is 54.1 Å². The predicted octanol–water partition coefficient (Wildman–Crippen LogP) is 6.24. The van der Waals surface area contributed by atoms with Crippen LogP contribution in [0.2, 0.25) is 0 Å². The Kier molecular flexibility index (Phi) is 12.2. The molecule has 3 aliphatic heterocycles. The van der Waals surface area contributed by atoms with E-state index in [0.717, 1.165) is 30.0 Å². The van der Waals surface area contributed by atoms with Crippen molar-refractivity contribution in [2.45, 2.75) is 132 Å². The molecule has 14 nitrogen and oxygen atoms in total. The van der Waals surface area contributed by atoms with E-state index in [1.54, 1.807) is 16.8 Å². The average Bonchev–Trinajstić information content (AvgIpc) is 4.06. The zero-order valence-corrected chi connectivity index (χ0v) is 36.0. The van der Waals surface area contributed by atoms with Crippen LogP contribution in [0.5, 0.6) is 11.6 Å². The molecule has 2 fully saturated rings. The van der Waals surface area contributed by atoms with Crippen LogP contribution in [0, 0.1) is 5.82 Å². The number of fused-ring (bicyclic) bond motifs is 4. The summed E-state index contributed by atoms with van der Waals surface area (Å²) in [5.41, 5.74) is 3.51. The molecule has 10 rings (SSSR count). The van der Waals surface area contributed by atoms with Crippen LogP contribution in [0.4, 0.5) is 27.8 Å². The first-order valence-corrected chi connectivity index (χ1v) is 22.5. The fourth-order valence-electron chi connectivity index (χ4n) is 10.6. The molecule has 4 aromatic heterocycles. The minimum atomic E-state index is -3.16. The lowest BCUT2D eigenvalue weighted by atomic mass is 9.84. The molecule has 6 N–H and O–H groups in total. The number of aliphatic hydroxyl groups is 4. The number of ether oxygens (including phenoxy) is 2. The Morgan fingerprint density at radius 2 is 1.59 bits per heavy atom. The van der Waals surface area contributed by atoms with Crippen LogP contribution in [-0.2, 0) is 25.9 Å². The molecule has 2 aliphatic carbocycles. The molecule has 9 unspecified atom stereocenters. The molecule has 0 amide bonds. The Labute approximate surface area is 376 Å². The van der Waals surface area contributed by atoms with Crippen LogP contribution in [0.1, 0.15) is 115 Å². The van der Waals surface area contributed by atoms with Gasteiger partial charge in [-0.3, -0.25) is 0 Å². The monoisotopic (exact) mass is 918 g/mol. The maximum atomic E-state index is 16.3. The Hall–Kier alpha value is -5.31. The molecular formula is C47H51F5N8O6. The number of nitrogens with one attached hydrogen (secondary N) is 2. The summed E-state index contributed by atoms with van der Waals surface area (Å²) in [6, 6.07) is 4.71. The van der Waals surface area contributed by atoms with E-state index in [-0.39, 0.29) is 56.0 Å². The topological polar surface area (TPSA) is 184 Å². The standard InChI is InChI=1S/C47H51F5N8O6/c1-22-4-2-3-10-55-45-25(22)8-12-59(45)32-16-35(41(63)39(32)61)65-34-15-27(43(49)50)38(48)37-24(18-54-20-29(34)37)5-6-30-26-9-13-60(46(26)57-21-56-30)33-17-36(42(64)40(33)62)66-47-28-19-53-11-7-23(28)14-31(58-47)44(51)52/h4,8-10,12-15,21,24,32-33,35-36,39-44,53-54,61-64H,2-3,5-7,11,16-20H2,1H3. The van der Waals surface area contributed by atoms with Crippen molar-refractivity contribution in [3.8, 4) is 11.6 Å². The summed E-state index contributed by atoms with van der Waals surface area (Å²) in [6.45, 7) is 3.36. The third-order valence-electron chi connectivity index (χ3n) is 14.1. The summed E-state index contributed by atoms with van der Waals surface area (Å²) in [7, 11) is 0. The van der Waals surface area contributed by atoms with Gasteiger partial charge in [-0.05, 0) is 81.0 Å². The number of alkyl halides is 4. The molecule has 350 valence electrons. The zero-order chi connectivity index (χ0) is 46.0. The van der Waals surface area contributed by atoms with E-state index in [1.807, 2.05) is 30.0 Å². The highest BCUT2D eigenvalue weighted by Gasteiger charge is 2.47. The lowest BCUT2D eigenvalue weighted by Crippen LogP contribution is -2.35. The Morgan fingerprint density at radius 3 is 2.36 bits per heavy atom. The Balaban J connectivity index is 0.880. The van der Waals surface area contributed by atoms with Gasteiger partial charge in [0.05, 0.1) is 23.3 Å². The van der Waals surface area contributed by atoms with Crippen molar-refractivity contribution >= 4 is 28.6 Å². The highest BCUT2D eigenvalue weighted by molar-refractivity contribution is 5.79. The molecule has 66 heavy (non-hydrogen) atoms. The van der Waals surface area contributed by atoms with Gasteiger partial charge in [0.2, 0.25) is 5.88 Å².